The molecule has 0 bridgehead atoms. The predicted molar refractivity (Wildman–Crippen MR) is 119 cm³/mol. The molecule has 0 saturated heterocycles. The van der Waals surface area contributed by atoms with Gasteiger partial charge in [0.05, 0.1) is 12.2 Å². The van der Waals surface area contributed by atoms with Gasteiger partial charge < -0.3 is 10.6 Å². The van der Waals surface area contributed by atoms with Gasteiger partial charge in [0.25, 0.3) is 11.8 Å². The number of tetrazole rings is 1. The molecule has 3 aromatic heterocycles. The average Bonchev–Trinajstić information content (AvgIpc) is 3.64. The summed E-state index contributed by atoms with van der Waals surface area (Å²) in [7, 11) is 0. The third kappa shape index (κ3) is 4.37. The number of aromatic amines is 1. The number of aromatic nitrogens is 8. The number of nitrogens with zero attached hydrogens (tertiary/aromatic N) is 7. The number of nitrogens with one attached hydrogen (secondary N) is 3. The molecule has 4 aromatic rings. The Labute approximate surface area is 194 Å². The Kier molecular flexibility index (Phi) is 5.77. The SMILES string of the molecule is CCn1cc(CNC(=O)c2cc(C(=O)N[C@@H]3CCc4cc(-c5nn[nH]n5)ccc43)ncn2)cn1. The van der Waals surface area contributed by atoms with Gasteiger partial charge in [-0.05, 0) is 42.2 Å². The molecule has 3 heterocycles. The molecule has 2 amide bonds. The Morgan fingerprint density at radius 2 is 2.03 bits per heavy atom. The topological polar surface area (TPSA) is 156 Å². The van der Waals surface area contributed by atoms with Crippen molar-refractivity contribution in [1.29, 1.82) is 0 Å². The van der Waals surface area contributed by atoms with E-state index in [1.165, 1.54) is 12.4 Å². The highest BCUT2D eigenvalue weighted by Crippen LogP contribution is 2.33. The lowest BCUT2D eigenvalue weighted by Crippen LogP contribution is -2.29. The number of fused-ring (bicyclic) bond motifs is 1. The second-order valence-electron chi connectivity index (χ2n) is 7.89. The van der Waals surface area contributed by atoms with E-state index in [0.29, 0.717) is 12.4 Å². The van der Waals surface area contributed by atoms with Crippen LogP contribution < -0.4 is 10.6 Å². The molecule has 0 spiro atoms. The van der Waals surface area contributed by atoms with Crippen molar-refractivity contribution >= 4 is 11.8 Å². The van der Waals surface area contributed by atoms with Crippen LogP contribution >= 0.6 is 0 Å². The van der Waals surface area contributed by atoms with Crippen molar-refractivity contribution in [2.45, 2.75) is 38.9 Å². The van der Waals surface area contributed by atoms with Crippen LogP contribution in [0, 0.1) is 0 Å². The number of H-pyrrole nitrogens is 1. The van der Waals surface area contributed by atoms with E-state index in [1.807, 2.05) is 31.3 Å². The maximum Gasteiger partial charge on any atom is 0.270 e. The molecular weight excluding hydrogens is 436 g/mol. The van der Waals surface area contributed by atoms with Crippen LogP contribution in [0.3, 0.4) is 0 Å². The molecule has 1 atom stereocenters. The second-order valence-corrected chi connectivity index (χ2v) is 7.89. The van der Waals surface area contributed by atoms with Crippen LogP contribution in [-0.2, 0) is 19.5 Å². The van der Waals surface area contributed by atoms with Gasteiger partial charge >= 0.3 is 0 Å². The van der Waals surface area contributed by atoms with Crippen LogP contribution in [0.2, 0.25) is 0 Å². The molecule has 0 unspecified atom stereocenters. The van der Waals surface area contributed by atoms with Crippen molar-refractivity contribution in [2.75, 3.05) is 0 Å². The molecule has 12 heteroatoms. The Morgan fingerprint density at radius 3 is 2.79 bits per heavy atom. The van der Waals surface area contributed by atoms with Crippen molar-refractivity contribution in [3.05, 3.63) is 71.1 Å². The highest BCUT2D eigenvalue weighted by Gasteiger charge is 2.26. The summed E-state index contributed by atoms with van der Waals surface area (Å²) >= 11 is 0. The minimum Gasteiger partial charge on any atom is -0.347 e. The van der Waals surface area contributed by atoms with Crippen molar-refractivity contribution in [1.82, 2.24) is 51.0 Å². The molecule has 0 radical (unpaired) electrons. The lowest BCUT2D eigenvalue weighted by molar-refractivity contribution is 0.0931. The van der Waals surface area contributed by atoms with Gasteiger partial charge in [-0.1, -0.05) is 12.1 Å². The Morgan fingerprint density at radius 1 is 1.18 bits per heavy atom. The zero-order valence-corrected chi connectivity index (χ0v) is 18.4. The van der Waals surface area contributed by atoms with E-state index in [9.17, 15) is 9.59 Å². The fourth-order valence-corrected chi connectivity index (χ4v) is 3.97. The summed E-state index contributed by atoms with van der Waals surface area (Å²) in [4.78, 5) is 33.5. The second kappa shape index (κ2) is 9.17. The summed E-state index contributed by atoms with van der Waals surface area (Å²) in [6.07, 6.45) is 6.37. The van der Waals surface area contributed by atoms with Crippen LogP contribution in [0.25, 0.3) is 11.4 Å². The third-order valence-corrected chi connectivity index (χ3v) is 5.73. The van der Waals surface area contributed by atoms with Crippen molar-refractivity contribution in [3.8, 4) is 11.4 Å². The Bertz CT molecular complexity index is 1330. The van der Waals surface area contributed by atoms with Gasteiger partial charge in [-0.15, -0.1) is 10.2 Å². The average molecular weight is 458 g/mol. The van der Waals surface area contributed by atoms with E-state index >= 15 is 0 Å². The number of amides is 2. The zero-order valence-electron chi connectivity index (χ0n) is 18.4. The molecule has 5 rings (SSSR count). The van der Waals surface area contributed by atoms with E-state index in [4.69, 9.17) is 0 Å². The lowest BCUT2D eigenvalue weighted by atomic mass is 10.0. The Hall–Kier alpha value is -4.48. The number of rotatable bonds is 7. The molecule has 0 aliphatic heterocycles. The summed E-state index contributed by atoms with van der Waals surface area (Å²) in [6, 6.07) is 7.15. The van der Waals surface area contributed by atoms with E-state index in [1.54, 1.807) is 10.9 Å². The molecule has 34 heavy (non-hydrogen) atoms. The van der Waals surface area contributed by atoms with Gasteiger partial charge in [0.15, 0.2) is 0 Å². The first-order chi connectivity index (χ1) is 16.6. The number of carbonyl (C=O) groups is 2. The van der Waals surface area contributed by atoms with E-state index in [0.717, 1.165) is 41.6 Å². The highest BCUT2D eigenvalue weighted by molar-refractivity contribution is 5.97. The standard InChI is InChI=1S/C22H22N10O2/c1-2-32-11-13(10-26-32)9-23-21(33)18-8-19(25-12-24-18)22(34)27-17-6-4-14-7-15(3-5-16(14)17)20-28-30-31-29-20/h3,5,7-8,10-12,17H,2,4,6,9H2,1H3,(H,23,33)(H,27,34)(H,28,29,30,31)/t17-/m1/s1. The third-order valence-electron chi connectivity index (χ3n) is 5.73. The fraction of sp³-hybridized carbons (Fsp3) is 0.273. The van der Waals surface area contributed by atoms with Gasteiger partial charge in [-0.2, -0.15) is 10.3 Å². The first-order valence-electron chi connectivity index (χ1n) is 10.9. The van der Waals surface area contributed by atoms with Gasteiger partial charge in [-0.3, -0.25) is 14.3 Å². The van der Waals surface area contributed by atoms with Crippen LogP contribution in [0.5, 0.6) is 0 Å². The number of hydrogen-bond acceptors (Lipinski definition) is 8. The summed E-state index contributed by atoms with van der Waals surface area (Å²) < 4.78 is 1.78. The summed E-state index contributed by atoms with van der Waals surface area (Å²) in [5, 5.41) is 24.0. The number of hydrogen-bond donors (Lipinski definition) is 3. The van der Waals surface area contributed by atoms with E-state index in [-0.39, 0.29) is 29.2 Å². The monoisotopic (exact) mass is 458 g/mol. The van der Waals surface area contributed by atoms with Crippen LogP contribution in [-0.4, -0.2) is 52.2 Å². The first-order valence-corrected chi connectivity index (χ1v) is 10.9. The van der Waals surface area contributed by atoms with Crippen molar-refractivity contribution in [2.24, 2.45) is 0 Å². The number of aryl methyl sites for hydroxylation is 2. The smallest absolute Gasteiger partial charge is 0.270 e. The largest absolute Gasteiger partial charge is 0.347 e. The molecule has 0 saturated carbocycles. The summed E-state index contributed by atoms with van der Waals surface area (Å²) in [5.74, 6) is -0.219. The maximum atomic E-state index is 12.9. The first kappa shape index (κ1) is 21.4. The normalized spacial score (nSPS) is 14.6. The molecule has 12 nitrogen and oxygen atoms in total. The van der Waals surface area contributed by atoms with Gasteiger partial charge in [-0.25, -0.2) is 9.97 Å². The molecular formula is C22H22N10O2. The summed E-state index contributed by atoms with van der Waals surface area (Å²) in [6.45, 7) is 3.05. The van der Waals surface area contributed by atoms with Gasteiger partial charge in [0.1, 0.15) is 17.7 Å². The van der Waals surface area contributed by atoms with Crippen molar-refractivity contribution < 1.29 is 9.59 Å². The summed E-state index contributed by atoms with van der Waals surface area (Å²) in [5.41, 5.74) is 4.18. The molecule has 3 N–H and O–H groups in total. The molecule has 1 aliphatic carbocycles. The lowest BCUT2D eigenvalue weighted by Gasteiger charge is -2.14. The molecule has 1 aromatic carbocycles. The molecule has 1 aliphatic rings. The van der Waals surface area contributed by atoms with Gasteiger partial charge in [0.2, 0.25) is 5.82 Å². The Balaban J connectivity index is 1.24. The highest BCUT2D eigenvalue weighted by atomic mass is 16.2. The fourth-order valence-electron chi connectivity index (χ4n) is 3.97. The number of benzene rings is 1. The minimum absolute atomic E-state index is 0.125. The van der Waals surface area contributed by atoms with Crippen LogP contribution in [0.4, 0.5) is 0 Å². The van der Waals surface area contributed by atoms with Crippen molar-refractivity contribution in [3.63, 3.8) is 0 Å². The van der Waals surface area contributed by atoms with Crippen LogP contribution in [0.15, 0.2) is 43.0 Å². The molecule has 172 valence electrons. The van der Waals surface area contributed by atoms with E-state index in [2.05, 4.69) is 46.3 Å². The quantitative estimate of drug-likeness (QED) is 0.373. The minimum atomic E-state index is -0.388. The van der Waals surface area contributed by atoms with E-state index < -0.39 is 0 Å². The maximum absolute atomic E-state index is 12.9. The molecule has 0 fully saturated rings. The predicted octanol–water partition coefficient (Wildman–Crippen LogP) is 1.22. The zero-order chi connectivity index (χ0) is 23.5. The van der Waals surface area contributed by atoms with Crippen LogP contribution in [0.1, 0.15) is 57.1 Å². The number of carbonyl (C=O) groups excluding carboxylic acids is 2. The van der Waals surface area contributed by atoms with Gasteiger partial charge in [0, 0.05) is 36.5 Å².